The Morgan fingerprint density at radius 1 is 1.06 bits per heavy atom. The summed E-state index contributed by atoms with van der Waals surface area (Å²) >= 11 is 0. The number of fused-ring (bicyclic) bond motifs is 1. The van der Waals surface area contributed by atoms with Crippen LogP contribution >= 0.6 is 0 Å². The summed E-state index contributed by atoms with van der Waals surface area (Å²) in [6, 6.07) is 22.1. The lowest BCUT2D eigenvalue weighted by Gasteiger charge is -2.21. The molecular formula is C27H26N2O4. The molecule has 4 rings (SSSR count). The van der Waals surface area contributed by atoms with Crippen LogP contribution in [-0.4, -0.2) is 25.8 Å². The minimum absolute atomic E-state index is 0.0233. The first-order valence-electron chi connectivity index (χ1n) is 11.0. The molecule has 168 valence electrons. The number of benzene rings is 3. The number of esters is 1. The monoisotopic (exact) mass is 442 g/mol. The van der Waals surface area contributed by atoms with Crippen LogP contribution in [0.25, 0.3) is 0 Å². The van der Waals surface area contributed by atoms with Gasteiger partial charge < -0.3 is 19.5 Å². The lowest BCUT2D eigenvalue weighted by molar-refractivity contribution is -0.141. The third kappa shape index (κ3) is 5.27. The van der Waals surface area contributed by atoms with Crippen molar-refractivity contribution in [3.63, 3.8) is 0 Å². The maximum absolute atomic E-state index is 12.7. The van der Waals surface area contributed by atoms with Gasteiger partial charge in [-0.25, -0.2) is 4.79 Å². The van der Waals surface area contributed by atoms with Crippen LogP contribution in [-0.2, 0) is 22.4 Å². The Morgan fingerprint density at radius 3 is 2.33 bits per heavy atom. The Kier molecular flexibility index (Phi) is 6.80. The van der Waals surface area contributed by atoms with Crippen molar-refractivity contribution in [2.45, 2.75) is 31.9 Å². The zero-order chi connectivity index (χ0) is 23.2. The maximum Gasteiger partial charge on any atom is 0.332 e. The maximum atomic E-state index is 12.7. The number of nitrogens with zero attached hydrogens (tertiary/aromatic N) is 1. The molecule has 6 heteroatoms. The molecule has 0 radical (unpaired) electrons. The lowest BCUT2D eigenvalue weighted by atomic mass is 10.0. The smallest absolute Gasteiger partial charge is 0.332 e. The SMILES string of the molecule is CCOc1cc(OC2Cc3ccccc3C2)cc(C(Nc2ccc(C#N)cc2)C(=O)OC)c1. The number of nitriles is 1. The number of methoxy groups -OCH3 is 1. The van der Waals surface area contributed by atoms with Crippen molar-refractivity contribution in [1.82, 2.24) is 0 Å². The van der Waals surface area contributed by atoms with E-state index in [1.54, 1.807) is 24.3 Å². The normalized spacial score (nSPS) is 13.5. The zero-order valence-electron chi connectivity index (χ0n) is 18.7. The fourth-order valence-electron chi connectivity index (χ4n) is 4.08. The van der Waals surface area contributed by atoms with Crippen LogP contribution < -0.4 is 14.8 Å². The molecule has 33 heavy (non-hydrogen) atoms. The minimum Gasteiger partial charge on any atom is -0.494 e. The number of ether oxygens (including phenoxy) is 3. The van der Waals surface area contributed by atoms with E-state index in [9.17, 15) is 4.79 Å². The van der Waals surface area contributed by atoms with Gasteiger partial charge in [0.05, 0.1) is 25.3 Å². The second-order valence-corrected chi connectivity index (χ2v) is 7.88. The van der Waals surface area contributed by atoms with E-state index in [1.807, 2.05) is 37.3 Å². The number of hydrogen-bond acceptors (Lipinski definition) is 6. The number of rotatable bonds is 8. The molecule has 0 aliphatic heterocycles. The summed E-state index contributed by atoms with van der Waals surface area (Å²) in [5.41, 5.74) is 4.52. The van der Waals surface area contributed by atoms with Crippen molar-refractivity contribution < 1.29 is 19.0 Å². The topological polar surface area (TPSA) is 80.6 Å². The molecule has 3 aromatic carbocycles. The van der Waals surface area contributed by atoms with E-state index in [2.05, 4.69) is 23.5 Å². The first kappa shape index (κ1) is 22.2. The highest BCUT2D eigenvalue weighted by molar-refractivity contribution is 5.81. The first-order chi connectivity index (χ1) is 16.1. The average molecular weight is 443 g/mol. The van der Waals surface area contributed by atoms with Crippen molar-refractivity contribution in [1.29, 1.82) is 5.26 Å². The molecule has 1 aliphatic rings. The molecule has 0 saturated carbocycles. The molecule has 3 aromatic rings. The molecule has 1 atom stereocenters. The van der Waals surface area contributed by atoms with Gasteiger partial charge in [0.2, 0.25) is 0 Å². The third-order valence-electron chi connectivity index (χ3n) is 5.62. The van der Waals surface area contributed by atoms with Gasteiger partial charge in [0.25, 0.3) is 0 Å². The molecule has 6 nitrogen and oxygen atoms in total. The van der Waals surface area contributed by atoms with Gasteiger partial charge in [-0.05, 0) is 60.0 Å². The summed E-state index contributed by atoms with van der Waals surface area (Å²) in [6.07, 6.45) is 1.71. The Hall–Kier alpha value is -3.98. The molecule has 0 heterocycles. The molecule has 0 spiro atoms. The summed E-state index contributed by atoms with van der Waals surface area (Å²) in [7, 11) is 1.36. The Morgan fingerprint density at radius 2 is 1.73 bits per heavy atom. The molecule has 0 fully saturated rings. The van der Waals surface area contributed by atoms with Gasteiger partial charge in [0.1, 0.15) is 17.6 Å². The van der Waals surface area contributed by atoms with E-state index in [0.29, 0.717) is 34.9 Å². The highest BCUT2D eigenvalue weighted by atomic mass is 16.5. The molecule has 0 bridgehead atoms. The number of nitrogens with one attached hydrogen (secondary N) is 1. The van der Waals surface area contributed by atoms with E-state index in [-0.39, 0.29) is 6.10 Å². The average Bonchev–Trinajstić information content (AvgIpc) is 3.24. The summed E-state index contributed by atoms with van der Waals surface area (Å²) in [6.45, 7) is 2.40. The Bertz CT molecular complexity index is 1140. The second-order valence-electron chi connectivity index (χ2n) is 7.88. The quantitative estimate of drug-likeness (QED) is 0.504. The molecule has 0 amide bonds. The number of anilines is 1. The van der Waals surface area contributed by atoms with Crippen molar-refractivity contribution in [2.24, 2.45) is 0 Å². The van der Waals surface area contributed by atoms with E-state index in [0.717, 1.165) is 12.8 Å². The van der Waals surface area contributed by atoms with Gasteiger partial charge in [-0.1, -0.05) is 24.3 Å². The standard InChI is InChI=1S/C27H26N2O4/c1-3-32-23-14-21(26(27(30)31-2)29-22-10-8-18(17-28)9-11-22)15-25(16-23)33-24-12-19-6-4-5-7-20(19)13-24/h4-11,14-16,24,26,29H,3,12-13H2,1-2H3. The first-order valence-corrected chi connectivity index (χ1v) is 11.0. The van der Waals surface area contributed by atoms with Crippen LogP contribution in [0.5, 0.6) is 11.5 Å². The molecule has 0 aromatic heterocycles. The number of carbonyl (C=O) groups excluding carboxylic acids is 1. The number of hydrogen-bond donors (Lipinski definition) is 1. The molecule has 1 unspecified atom stereocenters. The van der Waals surface area contributed by atoms with Crippen LogP contribution in [0.15, 0.2) is 66.7 Å². The van der Waals surface area contributed by atoms with E-state index in [4.69, 9.17) is 19.5 Å². The largest absolute Gasteiger partial charge is 0.494 e. The van der Waals surface area contributed by atoms with Crippen LogP contribution in [0, 0.1) is 11.3 Å². The predicted octanol–water partition coefficient (Wildman–Crippen LogP) is 4.83. The number of carbonyl (C=O) groups is 1. The molecule has 1 aliphatic carbocycles. The summed E-state index contributed by atoms with van der Waals surface area (Å²) in [5.74, 6) is 0.826. The molecular weight excluding hydrogens is 416 g/mol. The van der Waals surface area contributed by atoms with Crippen LogP contribution in [0.1, 0.15) is 35.2 Å². The van der Waals surface area contributed by atoms with Gasteiger partial charge in [0.15, 0.2) is 6.04 Å². The highest BCUT2D eigenvalue weighted by Gasteiger charge is 2.26. The second kappa shape index (κ2) is 10.1. The summed E-state index contributed by atoms with van der Waals surface area (Å²) in [5, 5.41) is 12.2. The van der Waals surface area contributed by atoms with Gasteiger partial charge in [-0.3, -0.25) is 0 Å². The fourth-order valence-corrected chi connectivity index (χ4v) is 4.08. The van der Waals surface area contributed by atoms with E-state index in [1.165, 1.54) is 18.2 Å². The van der Waals surface area contributed by atoms with Crippen molar-refractivity contribution >= 4 is 11.7 Å². The Balaban J connectivity index is 1.61. The van der Waals surface area contributed by atoms with Crippen LogP contribution in [0.3, 0.4) is 0 Å². The van der Waals surface area contributed by atoms with Crippen molar-refractivity contribution in [3.8, 4) is 17.6 Å². The third-order valence-corrected chi connectivity index (χ3v) is 5.62. The van der Waals surface area contributed by atoms with E-state index < -0.39 is 12.0 Å². The van der Waals surface area contributed by atoms with Crippen molar-refractivity contribution in [3.05, 3.63) is 89.0 Å². The zero-order valence-corrected chi connectivity index (χ0v) is 18.7. The molecule has 1 N–H and O–H groups in total. The van der Waals surface area contributed by atoms with Gasteiger partial charge in [0, 0.05) is 24.6 Å². The van der Waals surface area contributed by atoms with Gasteiger partial charge in [-0.15, -0.1) is 0 Å². The lowest BCUT2D eigenvalue weighted by Crippen LogP contribution is -2.23. The van der Waals surface area contributed by atoms with E-state index >= 15 is 0 Å². The Labute approximate surface area is 193 Å². The van der Waals surface area contributed by atoms with Gasteiger partial charge >= 0.3 is 5.97 Å². The fraction of sp³-hybridized carbons (Fsp3) is 0.259. The van der Waals surface area contributed by atoms with Crippen molar-refractivity contribution in [2.75, 3.05) is 19.0 Å². The van der Waals surface area contributed by atoms with Crippen LogP contribution in [0.4, 0.5) is 5.69 Å². The molecule has 0 saturated heterocycles. The minimum atomic E-state index is -0.772. The summed E-state index contributed by atoms with van der Waals surface area (Å²) < 4.78 is 17.2. The van der Waals surface area contributed by atoms with Crippen LogP contribution in [0.2, 0.25) is 0 Å². The summed E-state index contributed by atoms with van der Waals surface area (Å²) in [4.78, 5) is 12.7. The van der Waals surface area contributed by atoms with Gasteiger partial charge in [-0.2, -0.15) is 5.26 Å². The predicted molar refractivity (Wildman–Crippen MR) is 125 cm³/mol. The highest BCUT2D eigenvalue weighted by Crippen LogP contribution is 2.32.